The van der Waals surface area contributed by atoms with Crippen molar-refractivity contribution in [2.45, 2.75) is 38.5 Å². The zero-order chi connectivity index (χ0) is 34.6. The fourth-order valence-corrected chi connectivity index (χ4v) is 11.1. The van der Waals surface area contributed by atoms with Crippen molar-refractivity contribution in [3.8, 4) is 27.9 Å². The highest BCUT2D eigenvalue weighted by Gasteiger charge is 2.27. The molecule has 0 aliphatic heterocycles. The number of thiophene rings is 1. The van der Waals surface area contributed by atoms with Crippen LogP contribution in [0.4, 0.5) is 17.1 Å². The Morgan fingerprint density at radius 1 is 0.566 bits per heavy atom. The van der Waals surface area contributed by atoms with Gasteiger partial charge in [-0.05, 0) is 154 Å². The molecule has 2 aromatic heterocycles. The number of aromatic nitrogens is 1. The van der Waals surface area contributed by atoms with Crippen molar-refractivity contribution in [3.63, 3.8) is 0 Å². The van der Waals surface area contributed by atoms with Gasteiger partial charge < -0.3 is 9.47 Å². The summed E-state index contributed by atoms with van der Waals surface area (Å²) in [5.41, 5.74) is 15.7. The number of hydrogen-bond donors (Lipinski definition) is 0. The highest BCUT2D eigenvalue weighted by molar-refractivity contribution is 7.19. The Bertz CT molecular complexity index is 3010. The molecule has 3 aliphatic carbocycles. The van der Waals surface area contributed by atoms with E-state index in [4.69, 9.17) is 0 Å². The largest absolute Gasteiger partial charge is 0.313 e. The maximum Gasteiger partial charge on any atom is 0.0539 e. The van der Waals surface area contributed by atoms with Gasteiger partial charge in [-0.2, -0.15) is 0 Å². The maximum atomic E-state index is 2.52. The number of nitrogens with zero attached hydrogens (tertiary/aromatic N) is 2. The SMILES string of the molecule is C1=Cc2c(n(-c3ccccc3)c3ccc(N(c4ccc5c(c4)-c4c6ccccc6cc6cccc-5c46)c4ccc5c6c(sc5c4)CCCC6)cc23)CC1. The van der Waals surface area contributed by atoms with Gasteiger partial charge in [-0.1, -0.05) is 84.9 Å². The normalized spacial score (nSPS) is 14.3. The Kier molecular flexibility index (Phi) is 6.32. The number of hydrogen-bond acceptors (Lipinski definition) is 2. The van der Waals surface area contributed by atoms with E-state index in [0.717, 1.165) is 12.8 Å². The first-order valence-corrected chi connectivity index (χ1v) is 19.9. The second-order valence-electron chi connectivity index (χ2n) is 15.0. The van der Waals surface area contributed by atoms with Crippen LogP contribution in [-0.4, -0.2) is 4.57 Å². The third kappa shape index (κ3) is 4.32. The molecule has 12 rings (SSSR count). The molecular weight excluding hydrogens is 661 g/mol. The second-order valence-corrected chi connectivity index (χ2v) is 16.1. The van der Waals surface area contributed by atoms with Crippen LogP contribution in [0.2, 0.25) is 0 Å². The standard InChI is InChI=1S/C50H36N2S/c1-2-13-33(14-3-1)52-45-19-8-6-16-39(45)43-28-35(23-26-46(43)52)51(36-22-25-41-40-17-7-9-20-47(40)53-48(41)30-36)34-21-24-38-42-18-10-12-32-27-31-11-4-5-15-37(31)50(49(32)42)44(38)29-34/h1-6,10-16,18,21-30H,7-9,17,19-20H2. The summed E-state index contributed by atoms with van der Waals surface area (Å²) < 4.78 is 3.89. The van der Waals surface area contributed by atoms with Gasteiger partial charge in [-0.25, -0.2) is 0 Å². The van der Waals surface area contributed by atoms with E-state index in [1.165, 1.54) is 124 Å². The zero-order valence-corrected chi connectivity index (χ0v) is 30.2. The van der Waals surface area contributed by atoms with Crippen molar-refractivity contribution in [1.82, 2.24) is 4.57 Å². The maximum absolute atomic E-state index is 2.52. The van der Waals surface area contributed by atoms with E-state index in [-0.39, 0.29) is 0 Å². The number of para-hydroxylation sites is 1. The fraction of sp³-hybridized carbons (Fsp3) is 0.120. The molecule has 9 aromatic rings. The van der Waals surface area contributed by atoms with Crippen LogP contribution in [0.5, 0.6) is 0 Å². The molecule has 3 aliphatic rings. The Hall–Kier alpha value is -5.90. The number of fused-ring (bicyclic) bond motifs is 11. The van der Waals surface area contributed by atoms with Crippen LogP contribution in [0.15, 0.2) is 140 Å². The number of aryl methyl sites for hydroxylation is 2. The fourth-order valence-electron chi connectivity index (χ4n) is 9.80. The molecule has 7 aromatic carbocycles. The monoisotopic (exact) mass is 696 g/mol. The predicted molar refractivity (Wildman–Crippen MR) is 227 cm³/mol. The van der Waals surface area contributed by atoms with Crippen LogP contribution in [0.3, 0.4) is 0 Å². The third-order valence-electron chi connectivity index (χ3n) is 12.1. The van der Waals surface area contributed by atoms with Gasteiger partial charge in [-0.3, -0.25) is 0 Å². The van der Waals surface area contributed by atoms with E-state index in [1.807, 2.05) is 11.3 Å². The summed E-state index contributed by atoms with van der Waals surface area (Å²) in [6.07, 6.45) is 11.8. The van der Waals surface area contributed by atoms with Crippen molar-refractivity contribution in [2.24, 2.45) is 0 Å². The van der Waals surface area contributed by atoms with Gasteiger partial charge in [-0.15, -0.1) is 11.3 Å². The highest BCUT2D eigenvalue weighted by atomic mass is 32.1. The lowest BCUT2D eigenvalue weighted by molar-refractivity contribution is 0.700. The lowest BCUT2D eigenvalue weighted by Crippen LogP contribution is -2.10. The average molecular weight is 697 g/mol. The lowest BCUT2D eigenvalue weighted by atomic mass is 9.95. The van der Waals surface area contributed by atoms with Gasteiger partial charge >= 0.3 is 0 Å². The summed E-state index contributed by atoms with van der Waals surface area (Å²) >= 11 is 2.01. The predicted octanol–water partition coefficient (Wildman–Crippen LogP) is 14.1. The van der Waals surface area contributed by atoms with Crippen molar-refractivity contribution < 1.29 is 0 Å². The van der Waals surface area contributed by atoms with Gasteiger partial charge in [0.05, 0.1) is 5.52 Å². The minimum atomic E-state index is 1.04. The number of benzene rings is 7. The van der Waals surface area contributed by atoms with Gasteiger partial charge in [0.15, 0.2) is 0 Å². The Balaban J connectivity index is 1.10. The first-order valence-electron chi connectivity index (χ1n) is 19.1. The smallest absolute Gasteiger partial charge is 0.0539 e. The number of anilines is 3. The van der Waals surface area contributed by atoms with E-state index in [1.54, 1.807) is 10.4 Å². The molecule has 252 valence electrons. The molecule has 0 fully saturated rings. The first-order chi connectivity index (χ1) is 26.3. The Morgan fingerprint density at radius 3 is 2.34 bits per heavy atom. The molecule has 0 bridgehead atoms. The number of rotatable bonds is 4. The van der Waals surface area contributed by atoms with Gasteiger partial charge in [0.1, 0.15) is 0 Å². The van der Waals surface area contributed by atoms with Gasteiger partial charge in [0.2, 0.25) is 0 Å². The first kappa shape index (κ1) is 29.7. The van der Waals surface area contributed by atoms with Gasteiger partial charge in [0.25, 0.3) is 0 Å². The molecule has 0 atom stereocenters. The quantitative estimate of drug-likeness (QED) is 0.166. The molecule has 0 N–H and O–H groups in total. The molecule has 0 saturated heterocycles. The molecule has 53 heavy (non-hydrogen) atoms. The average Bonchev–Trinajstić information content (AvgIpc) is 3.87. The van der Waals surface area contributed by atoms with E-state index in [0.29, 0.717) is 0 Å². The van der Waals surface area contributed by atoms with Crippen LogP contribution in [0.25, 0.3) is 76.6 Å². The summed E-state index contributed by atoms with van der Waals surface area (Å²) in [4.78, 5) is 4.11. The van der Waals surface area contributed by atoms with Gasteiger partial charge in [0, 0.05) is 49.0 Å². The van der Waals surface area contributed by atoms with E-state index in [2.05, 4.69) is 155 Å². The zero-order valence-electron chi connectivity index (χ0n) is 29.4. The highest BCUT2D eigenvalue weighted by Crippen LogP contribution is 2.53. The van der Waals surface area contributed by atoms with E-state index < -0.39 is 0 Å². The molecule has 0 amide bonds. The van der Waals surface area contributed by atoms with Crippen LogP contribution < -0.4 is 4.90 Å². The van der Waals surface area contributed by atoms with Crippen molar-refractivity contribution in [1.29, 1.82) is 0 Å². The van der Waals surface area contributed by atoms with Crippen molar-refractivity contribution in [3.05, 3.63) is 161 Å². The third-order valence-corrected chi connectivity index (χ3v) is 13.4. The van der Waals surface area contributed by atoms with Crippen LogP contribution in [0.1, 0.15) is 41.0 Å². The van der Waals surface area contributed by atoms with Crippen molar-refractivity contribution >= 4 is 77.0 Å². The topological polar surface area (TPSA) is 8.17 Å². The molecule has 2 nitrogen and oxygen atoms in total. The lowest BCUT2D eigenvalue weighted by Gasteiger charge is -2.27. The summed E-state index contributed by atoms with van der Waals surface area (Å²) in [5.74, 6) is 0. The molecule has 2 heterocycles. The van der Waals surface area contributed by atoms with Crippen molar-refractivity contribution in [2.75, 3.05) is 4.90 Å². The molecule has 0 saturated carbocycles. The molecule has 3 heteroatoms. The van der Waals surface area contributed by atoms with Crippen LogP contribution in [0, 0.1) is 0 Å². The summed E-state index contributed by atoms with van der Waals surface area (Å²) in [6, 6.07) is 50.5. The van der Waals surface area contributed by atoms with E-state index in [9.17, 15) is 0 Å². The minimum Gasteiger partial charge on any atom is -0.313 e. The molecule has 0 spiro atoms. The summed E-state index contributed by atoms with van der Waals surface area (Å²) in [5, 5.41) is 8.05. The second kappa shape index (κ2) is 11.3. The van der Waals surface area contributed by atoms with Crippen LogP contribution in [-0.2, 0) is 19.3 Å². The van der Waals surface area contributed by atoms with Crippen LogP contribution >= 0.6 is 11.3 Å². The molecule has 0 radical (unpaired) electrons. The summed E-state index contributed by atoms with van der Waals surface area (Å²) in [7, 11) is 0. The molecular formula is C50H36N2S. The molecule has 0 unspecified atom stereocenters. The Morgan fingerprint density at radius 2 is 1.38 bits per heavy atom. The minimum absolute atomic E-state index is 1.04. The van der Waals surface area contributed by atoms with E-state index >= 15 is 0 Å². The Labute approximate surface area is 312 Å². The number of allylic oxidation sites excluding steroid dienone is 1. The summed E-state index contributed by atoms with van der Waals surface area (Å²) in [6.45, 7) is 0.